The van der Waals surface area contributed by atoms with Gasteiger partial charge >= 0.3 is 0 Å². The Balaban J connectivity index is 1.46. The van der Waals surface area contributed by atoms with Crippen molar-refractivity contribution < 1.29 is 4.74 Å². The number of hydrogen-bond acceptors (Lipinski definition) is 4. The molecule has 0 bridgehead atoms. The fraction of sp³-hybridized carbons (Fsp3) is 0.500. The van der Waals surface area contributed by atoms with Crippen molar-refractivity contribution in [3.8, 4) is 5.75 Å². The lowest BCUT2D eigenvalue weighted by Gasteiger charge is -2.26. The van der Waals surface area contributed by atoms with E-state index in [4.69, 9.17) is 16.3 Å². The molecule has 140 valence electrons. The Bertz CT molecular complexity index is 758. The van der Waals surface area contributed by atoms with Gasteiger partial charge in [-0.15, -0.1) is 0 Å². The van der Waals surface area contributed by atoms with Crippen LogP contribution in [0.5, 0.6) is 5.75 Å². The van der Waals surface area contributed by atoms with Gasteiger partial charge in [-0.05, 0) is 44.5 Å². The maximum atomic E-state index is 5.89. The monoisotopic (exact) mass is 376 g/mol. The van der Waals surface area contributed by atoms with Crippen LogP contribution in [-0.2, 0) is 13.0 Å². The summed E-state index contributed by atoms with van der Waals surface area (Å²) in [5.74, 6) is 3.46. The van der Waals surface area contributed by atoms with Crippen molar-refractivity contribution in [3.05, 3.63) is 40.9 Å². The maximum absolute atomic E-state index is 5.89. The van der Waals surface area contributed by atoms with Crippen molar-refractivity contribution in [3.63, 3.8) is 0 Å². The standard InChI is InChI=1S/C18H25ClN6O/c1-12(26-16-7-4-14(19)5-8-16)10-21-18(20-3)23-15-6-9-17-22-13(2)24-25(17)11-15/h4-5,7-8,12,15H,6,9-11H2,1-3H3,(H2,20,21,23). The van der Waals surface area contributed by atoms with E-state index in [0.29, 0.717) is 11.6 Å². The minimum Gasteiger partial charge on any atom is -0.489 e. The van der Waals surface area contributed by atoms with Gasteiger partial charge in [0.1, 0.15) is 23.5 Å². The predicted molar refractivity (Wildman–Crippen MR) is 103 cm³/mol. The summed E-state index contributed by atoms with van der Waals surface area (Å²) in [5.41, 5.74) is 0. The second-order valence-corrected chi connectivity index (χ2v) is 6.91. The molecule has 2 heterocycles. The van der Waals surface area contributed by atoms with Crippen molar-refractivity contribution in [1.29, 1.82) is 0 Å². The van der Waals surface area contributed by atoms with E-state index in [0.717, 1.165) is 42.7 Å². The zero-order valence-corrected chi connectivity index (χ0v) is 16.1. The number of fused-ring (bicyclic) bond motifs is 1. The lowest BCUT2D eigenvalue weighted by atomic mass is 10.1. The van der Waals surface area contributed by atoms with Crippen LogP contribution >= 0.6 is 11.6 Å². The minimum absolute atomic E-state index is 0.00866. The van der Waals surface area contributed by atoms with Crippen molar-refractivity contribution in [2.24, 2.45) is 4.99 Å². The molecule has 2 aromatic rings. The van der Waals surface area contributed by atoms with Crippen LogP contribution in [0.1, 0.15) is 25.0 Å². The molecule has 26 heavy (non-hydrogen) atoms. The molecule has 0 saturated heterocycles. The number of nitrogens with zero attached hydrogens (tertiary/aromatic N) is 4. The first-order valence-electron chi connectivity index (χ1n) is 8.83. The Morgan fingerprint density at radius 2 is 2.19 bits per heavy atom. The van der Waals surface area contributed by atoms with Gasteiger partial charge in [0.25, 0.3) is 0 Å². The first-order chi connectivity index (χ1) is 12.5. The molecule has 1 aromatic carbocycles. The Hall–Kier alpha value is -2.28. The molecule has 0 radical (unpaired) electrons. The molecule has 0 aliphatic carbocycles. The van der Waals surface area contributed by atoms with Gasteiger partial charge in [-0.1, -0.05) is 11.6 Å². The van der Waals surface area contributed by atoms with Gasteiger partial charge < -0.3 is 15.4 Å². The number of aliphatic imine (C=N–C) groups is 1. The molecule has 0 spiro atoms. The van der Waals surface area contributed by atoms with Crippen LogP contribution in [0.25, 0.3) is 0 Å². The molecular weight excluding hydrogens is 352 g/mol. The molecular formula is C18H25ClN6O. The Labute approximate surface area is 158 Å². The summed E-state index contributed by atoms with van der Waals surface area (Å²) < 4.78 is 7.86. The van der Waals surface area contributed by atoms with Crippen molar-refractivity contribution >= 4 is 17.6 Å². The van der Waals surface area contributed by atoms with Crippen molar-refractivity contribution in [2.45, 2.75) is 45.4 Å². The normalized spacial score (nSPS) is 18.2. The molecule has 3 rings (SSSR count). The first-order valence-corrected chi connectivity index (χ1v) is 9.21. The van der Waals surface area contributed by atoms with Gasteiger partial charge in [0.05, 0.1) is 13.1 Å². The number of hydrogen-bond donors (Lipinski definition) is 2. The summed E-state index contributed by atoms with van der Waals surface area (Å²) in [6, 6.07) is 7.65. The zero-order valence-electron chi connectivity index (χ0n) is 15.4. The molecule has 1 aliphatic heterocycles. The largest absolute Gasteiger partial charge is 0.489 e. The van der Waals surface area contributed by atoms with Crippen LogP contribution < -0.4 is 15.4 Å². The molecule has 0 saturated carbocycles. The Kier molecular flexibility index (Phi) is 5.98. The summed E-state index contributed by atoms with van der Waals surface area (Å²) in [4.78, 5) is 8.75. The Morgan fingerprint density at radius 1 is 1.42 bits per heavy atom. The highest BCUT2D eigenvalue weighted by Crippen LogP contribution is 2.16. The molecule has 2 unspecified atom stereocenters. The summed E-state index contributed by atoms with van der Waals surface area (Å²) in [6.07, 6.45) is 1.92. The van der Waals surface area contributed by atoms with Crippen LogP contribution in [0.15, 0.2) is 29.3 Å². The van der Waals surface area contributed by atoms with Crippen LogP contribution in [0.2, 0.25) is 5.02 Å². The molecule has 2 N–H and O–H groups in total. The number of aromatic nitrogens is 3. The second kappa shape index (κ2) is 8.40. The number of benzene rings is 1. The van der Waals surface area contributed by atoms with Gasteiger partial charge in [0.2, 0.25) is 0 Å². The third-order valence-electron chi connectivity index (χ3n) is 4.24. The van der Waals surface area contributed by atoms with Crippen LogP contribution in [0.4, 0.5) is 0 Å². The smallest absolute Gasteiger partial charge is 0.191 e. The average molecular weight is 377 g/mol. The number of aryl methyl sites for hydroxylation is 2. The van der Waals surface area contributed by atoms with Gasteiger partial charge in [0.15, 0.2) is 5.96 Å². The third kappa shape index (κ3) is 4.88. The fourth-order valence-electron chi connectivity index (χ4n) is 2.97. The van der Waals surface area contributed by atoms with Gasteiger partial charge in [-0.3, -0.25) is 4.99 Å². The summed E-state index contributed by atoms with van der Waals surface area (Å²) in [7, 11) is 1.77. The number of rotatable bonds is 5. The topological polar surface area (TPSA) is 76.4 Å². The minimum atomic E-state index is -0.00866. The van der Waals surface area contributed by atoms with Gasteiger partial charge in [-0.25, -0.2) is 9.67 Å². The first kappa shape index (κ1) is 18.5. The van der Waals surface area contributed by atoms with Gasteiger partial charge in [0, 0.05) is 24.5 Å². The molecule has 7 nitrogen and oxygen atoms in total. The lowest BCUT2D eigenvalue weighted by Crippen LogP contribution is -2.48. The molecule has 1 aliphatic rings. The number of guanidine groups is 1. The van der Waals surface area contributed by atoms with Crippen molar-refractivity contribution in [2.75, 3.05) is 13.6 Å². The fourth-order valence-corrected chi connectivity index (χ4v) is 3.09. The van der Waals surface area contributed by atoms with E-state index in [1.54, 1.807) is 7.05 Å². The highest BCUT2D eigenvalue weighted by Gasteiger charge is 2.21. The summed E-state index contributed by atoms with van der Waals surface area (Å²) >= 11 is 5.89. The van der Waals surface area contributed by atoms with E-state index in [9.17, 15) is 0 Å². The average Bonchev–Trinajstić information content (AvgIpc) is 2.99. The molecule has 1 aromatic heterocycles. The molecule has 0 fully saturated rings. The molecule has 2 atom stereocenters. The second-order valence-electron chi connectivity index (χ2n) is 6.47. The van der Waals surface area contributed by atoms with Crippen LogP contribution in [0.3, 0.4) is 0 Å². The van der Waals surface area contributed by atoms with E-state index in [2.05, 4.69) is 25.7 Å². The predicted octanol–water partition coefficient (Wildman–Crippen LogP) is 2.19. The Morgan fingerprint density at radius 3 is 2.92 bits per heavy atom. The maximum Gasteiger partial charge on any atom is 0.191 e. The van der Waals surface area contributed by atoms with Crippen LogP contribution in [0, 0.1) is 6.92 Å². The lowest BCUT2D eigenvalue weighted by molar-refractivity contribution is 0.223. The van der Waals surface area contributed by atoms with E-state index >= 15 is 0 Å². The highest BCUT2D eigenvalue weighted by molar-refractivity contribution is 6.30. The van der Waals surface area contributed by atoms with E-state index in [1.165, 1.54) is 0 Å². The molecule has 8 heteroatoms. The quantitative estimate of drug-likeness (QED) is 0.618. The molecule has 0 amide bonds. The number of halogens is 1. The van der Waals surface area contributed by atoms with Crippen molar-refractivity contribution in [1.82, 2.24) is 25.4 Å². The van der Waals surface area contributed by atoms with E-state index < -0.39 is 0 Å². The zero-order chi connectivity index (χ0) is 18.5. The highest BCUT2D eigenvalue weighted by atomic mass is 35.5. The number of ether oxygens (including phenoxy) is 1. The van der Waals surface area contributed by atoms with Crippen LogP contribution in [-0.4, -0.2) is 46.5 Å². The van der Waals surface area contributed by atoms with E-state index in [-0.39, 0.29) is 12.1 Å². The SMILES string of the molecule is CN=C(NCC(C)Oc1ccc(Cl)cc1)NC1CCc2nc(C)nn2C1. The third-order valence-corrected chi connectivity index (χ3v) is 4.49. The number of nitrogens with one attached hydrogen (secondary N) is 2. The van der Waals surface area contributed by atoms with Gasteiger partial charge in [-0.2, -0.15) is 5.10 Å². The summed E-state index contributed by atoms with van der Waals surface area (Å²) in [5, 5.41) is 11.9. The summed E-state index contributed by atoms with van der Waals surface area (Å²) in [6.45, 7) is 5.38. The van der Waals surface area contributed by atoms with E-state index in [1.807, 2.05) is 42.8 Å².